The number of rotatable bonds is 4. The minimum absolute atomic E-state index is 0.123. The van der Waals surface area contributed by atoms with E-state index in [9.17, 15) is 18.0 Å². The maximum absolute atomic E-state index is 12.7. The van der Waals surface area contributed by atoms with Crippen LogP contribution in [0.2, 0.25) is 0 Å². The average Bonchev–Trinajstić information content (AvgIpc) is 3.03. The Kier molecular flexibility index (Phi) is 4.80. The number of aromatic nitrogens is 2. The third-order valence-corrected chi connectivity index (χ3v) is 4.40. The van der Waals surface area contributed by atoms with Gasteiger partial charge in [-0.3, -0.25) is 9.78 Å². The Morgan fingerprint density at radius 1 is 1.08 bits per heavy atom. The van der Waals surface area contributed by atoms with Gasteiger partial charge in [-0.15, -0.1) is 11.3 Å². The van der Waals surface area contributed by atoms with Gasteiger partial charge < -0.3 is 5.32 Å². The Morgan fingerprint density at radius 3 is 2.64 bits per heavy atom. The summed E-state index contributed by atoms with van der Waals surface area (Å²) in [7, 11) is 0. The standard InChI is InChI=1S/C17H12F3N3OS/c18-17(19,20)14-9-11(6-8-21-14)13-5-4-12(25-13)10-16(24)23-15-3-1-2-7-22-15/h1-9H,10H2,(H,22,23,24). The van der Waals surface area contributed by atoms with Gasteiger partial charge in [-0.1, -0.05) is 6.07 Å². The largest absolute Gasteiger partial charge is 0.433 e. The molecule has 0 saturated carbocycles. The first-order valence-electron chi connectivity index (χ1n) is 7.25. The molecular weight excluding hydrogens is 351 g/mol. The van der Waals surface area contributed by atoms with Crippen molar-refractivity contribution in [3.8, 4) is 10.4 Å². The van der Waals surface area contributed by atoms with E-state index in [1.54, 1.807) is 36.5 Å². The fourth-order valence-electron chi connectivity index (χ4n) is 2.15. The van der Waals surface area contributed by atoms with Crippen LogP contribution in [0.1, 0.15) is 10.6 Å². The normalized spacial score (nSPS) is 11.3. The Hall–Kier alpha value is -2.74. The molecule has 0 radical (unpaired) electrons. The van der Waals surface area contributed by atoms with E-state index < -0.39 is 11.9 Å². The number of anilines is 1. The van der Waals surface area contributed by atoms with E-state index in [2.05, 4.69) is 15.3 Å². The van der Waals surface area contributed by atoms with Gasteiger partial charge in [0.15, 0.2) is 0 Å². The summed E-state index contributed by atoms with van der Waals surface area (Å²) in [6, 6.07) is 11.1. The van der Waals surface area contributed by atoms with E-state index >= 15 is 0 Å². The van der Waals surface area contributed by atoms with E-state index in [0.29, 0.717) is 16.3 Å². The Morgan fingerprint density at radius 2 is 1.92 bits per heavy atom. The van der Waals surface area contributed by atoms with E-state index in [4.69, 9.17) is 0 Å². The molecule has 0 saturated heterocycles. The van der Waals surface area contributed by atoms with Gasteiger partial charge in [0.05, 0.1) is 6.42 Å². The first-order valence-corrected chi connectivity index (χ1v) is 8.07. The predicted octanol–water partition coefficient (Wildman–Crippen LogP) is 4.41. The second-order valence-electron chi connectivity index (χ2n) is 5.13. The van der Waals surface area contributed by atoms with Crippen molar-refractivity contribution in [3.05, 3.63) is 65.4 Å². The fourth-order valence-corrected chi connectivity index (χ4v) is 3.15. The number of amides is 1. The average molecular weight is 363 g/mol. The Balaban J connectivity index is 1.71. The summed E-state index contributed by atoms with van der Waals surface area (Å²) in [5.41, 5.74) is -0.517. The number of hydrogen-bond acceptors (Lipinski definition) is 4. The summed E-state index contributed by atoms with van der Waals surface area (Å²) in [5, 5.41) is 2.67. The lowest BCUT2D eigenvalue weighted by Gasteiger charge is -2.06. The maximum atomic E-state index is 12.7. The highest BCUT2D eigenvalue weighted by Crippen LogP contribution is 2.33. The molecule has 0 bridgehead atoms. The van der Waals surface area contributed by atoms with Crippen molar-refractivity contribution in [1.29, 1.82) is 0 Å². The van der Waals surface area contributed by atoms with E-state index in [0.717, 1.165) is 17.1 Å². The van der Waals surface area contributed by atoms with Gasteiger partial charge in [0.1, 0.15) is 11.5 Å². The third-order valence-electron chi connectivity index (χ3n) is 3.26. The van der Waals surface area contributed by atoms with E-state index in [-0.39, 0.29) is 12.3 Å². The van der Waals surface area contributed by atoms with Crippen LogP contribution in [0.4, 0.5) is 19.0 Å². The van der Waals surface area contributed by atoms with Crippen LogP contribution < -0.4 is 5.32 Å². The maximum Gasteiger partial charge on any atom is 0.433 e. The quantitative estimate of drug-likeness (QED) is 0.747. The van der Waals surface area contributed by atoms with Gasteiger partial charge in [-0.2, -0.15) is 13.2 Å². The van der Waals surface area contributed by atoms with Crippen LogP contribution in [-0.2, 0) is 17.4 Å². The SMILES string of the molecule is O=C(Cc1ccc(-c2ccnc(C(F)(F)F)c2)s1)Nc1ccccn1. The number of halogens is 3. The number of carbonyl (C=O) groups excluding carboxylic acids is 1. The highest BCUT2D eigenvalue weighted by Gasteiger charge is 2.32. The smallest absolute Gasteiger partial charge is 0.310 e. The minimum atomic E-state index is -4.49. The van der Waals surface area contributed by atoms with Crippen molar-refractivity contribution in [3.63, 3.8) is 0 Å². The van der Waals surface area contributed by atoms with Crippen molar-refractivity contribution in [2.45, 2.75) is 12.6 Å². The predicted molar refractivity (Wildman–Crippen MR) is 89.1 cm³/mol. The van der Waals surface area contributed by atoms with Crippen LogP contribution in [0, 0.1) is 0 Å². The van der Waals surface area contributed by atoms with Gasteiger partial charge in [0.2, 0.25) is 5.91 Å². The molecule has 0 aliphatic carbocycles. The van der Waals surface area contributed by atoms with Crippen LogP contribution in [-0.4, -0.2) is 15.9 Å². The highest BCUT2D eigenvalue weighted by atomic mass is 32.1. The fraction of sp³-hybridized carbons (Fsp3) is 0.118. The lowest BCUT2D eigenvalue weighted by molar-refractivity contribution is -0.141. The molecule has 0 aliphatic heterocycles. The first-order chi connectivity index (χ1) is 11.9. The highest BCUT2D eigenvalue weighted by molar-refractivity contribution is 7.15. The molecule has 1 N–H and O–H groups in total. The van der Waals surface area contributed by atoms with Gasteiger partial charge in [0, 0.05) is 22.1 Å². The molecule has 128 valence electrons. The topological polar surface area (TPSA) is 54.9 Å². The summed E-state index contributed by atoms with van der Waals surface area (Å²) in [6.45, 7) is 0. The monoisotopic (exact) mass is 363 g/mol. The Labute approximate surface area is 145 Å². The van der Waals surface area contributed by atoms with Gasteiger partial charge >= 0.3 is 6.18 Å². The van der Waals surface area contributed by atoms with Crippen LogP contribution in [0.3, 0.4) is 0 Å². The second kappa shape index (κ2) is 7.02. The lowest BCUT2D eigenvalue weighted by atomic mass is 10.2. The van der Waals surface area contributed by atoms with Crippen LogP contribution in [0.25, 0.3) is 10.4 Å². The molecular formula is C17H12F3N3OS. The van der Waals surface area contributed by atoms with E-state index in [1.165, 1.54) is 17.4 Å². The molecule has 3 aromatic heterocycles. The van der Waals surface area contributed by atoms with Crippen molar-refractivity contribution in [2.24, 2.45) is 0 Å². The molecule has 0 spiro atoms. The molecule has 0 aliphatic rings. The molecule has 25 heavy (non-hydrogen) atoms. The summed E-state index contributed by atoms with van der Waals surface area (Å²) in [6.07, 6.45) is -1.66. The van der Waals surface area contributed by atoms with Crippen molar-refractivity contribution in [1.82, 2.24) is 9.97 Å². The lowest BCUT2D eigenvalue weighted by Crippen LogP contribution is -2.14. The van der Waals surface area contributed by atoms with Crippen LogP contribution >= 0.6 is 11.3 Å². The van der Waals surface area contributed by atoms with Crippen molar-refractivity contribution in [2.75, 3.05) is 5.32 Å². The van der Waals surface area contributed by atoms with Gasteiger partial charge in [0.25, 0.3) is 0 Å². The number of nitrogens with zero attached hydrogens (tertiary/aromatic N) is 2. The second-order valence-corrected chi connectivity index (χ2v) is 6.30. The zero-order valence-corrected chi connectivity index (χ0v) is 13.6. The molecule has 3 heterocycles. The van der Waals surface area contributed by atoms with Crippen LogP contribution in [0.5, 0.6) is 0 Å². The molecule has 0 unspecified atom stereocenters. The van der Waals surface area contributed by atoms with Crippen molar-refractivity contribution < 1.29 is 18.0 Å². The number of thiophene rings is 1. The summed E-state index contributed by atoms with van der Waals surface area (Å²) in [5.74, 6) is 0.214. The molecule has 8 heteroatoms. The van der Waals surface area contributed by atoms with E-state index in [1.807, 2.05) is 0 Å². The molecule has 0 fully saturated rings. The summed E-state index contributed by atoms with van der Waals surface area (Å²) in [4.78, 5) is 20.8. The zero-order valence-electron chi connectivity index (χ0n) is 12.7. The number of pyridine rings is 2. The number of nitrogens with one attached hydrogen (secondary N) is 1. The Bertz CT molecular complexity index is 878. The van der Waals surface area contributed by atoms with Crippen LogP contribution in [0.15, 0.2) is 54.9 Å². The minimum Gasteiger partial charge on any atom is -0.310 e. The molecule has 4 nitrogen and oxygen atoms in total. The third kappa shape index (κ3) is 4.42. The number of alkyl halides is 3. The van der Waals surface area contributed by atoms with Gasteiger partial charge in [-0.05, 0) is 42.0 Å². The summed E-state index contributed by atoms with van der Waals surface area (Å²) < 4.78 is 38.2. The molecule has 3 aromatic rings. The number of carbonyl (C=O) groups is 1. The molecule has 0 aromatic carbocycles. The van der Waals surface area contributed by atoms with Gasteiger partial charge in [-0.25, -0.2) is 4.98 Å². The number of hydrogen-bond donors (Lipinski definition) is 1. The molecule has 0 atom stereocenters. The molecule has 1 amide bonds. The zero-order chi connectivity index (χ0) is 17.9. The summed E-state index contributed by atoms with van der Waals surface area (Å²) >= 11 is 1.27. The first kappa shape index (κ1) is 17.1. The molecule has 3 rings (SSSR count). The van der Waals surface area contributed by atoms with Crippen molar-refractivity contribution >= 4 is 23.1 Å².